The highest BCUT2D eigenvalue weighted by molar-refractivity contribution is 7.80. The zero-order valence-corrected chi connectivity index (χ0v) is 18.1. The van der Waals surface area contributed by atoms with Gasteiger partial charge in [0, 0.05) is 19.6 Å². The van der Waals surface area contributed by atoms with Crippen molar-refractivity contribution < 1.29 is 19.0 Å². The van der Waals surface area contributed by atoms with Gasteiger partial charge in [0.1, 0.15) is 11.1 Å². The second kappa shape index (κ2) is 9.04. The molecule has 0 N–H and O–H groups in total. The lowest BCUT2D eigenvalue weighted by atomic mass is 10.0. The van der Waals surface area contributed by atoms with Crippen LogP contribution in [-0.4, -0.2) is 71.5 Å². The van der Waals surface area contributed by atoms with Crippen molar-refractivity contribution in [3.05, 3.63) is 71.8 Å². The first-order chi connectivity index (χ1) is 15.2. The number of hydrogen-bond donors (Lipinski definition) is 0. The lowest BCUT2D eigenvalue weighted by Gasteiger charge is -2.41. The number of nitrogens with zero attached hydrogens (tertiary/aromatic N) is 2. The van der Waals surface area contributed by atoms with Gasteiger partial charge in [0.15, 0.2) is 12.4 Å². The molecule has 0 radical (unpaired) electrons. The van der Waals surface area contributed by atoms with E-state index in [4.69, 9.17) is 26.4 Å². The van der Waals surface area contributed by atoms with Crippen molar-refractivity contribution in [1.29, 1.82) is 0 Å². The van der Waals surface area contributed by atoms with Crippen molar-refractivity contribution in [2.45, 2.75) is 37.5 Å². The second-order valence-corrected chi connectivity index (χ2v) is 8.55. The van der Waals surface area contributed by atoms with E-state index in [1.54, 1.807) is 4.90 Å². The molecule has 1 amide bonds. The van der Waals surface area contributed by atoms with Crippen LogP contribution in [0.25, 0.3) is 0 Å². The monoisotopic (exact) mass is 438 g/mol. The van der Waals surface area contributed by atoms with Gasteiger partial charge in [-0.05, 0) is 17.5 Å². The molecular formula is C24H26N2O4S. The molecule has 0 aliphatic carbocycles. The molecule has 0 spiro atoms. The van der Waals surface area contributed by atoms with E-state index in [2.05, 4.69) is 29.2 Å². The number of carbonyl (C=O) groups is 1. The summed E-state index contributed by atoms with van der Waals surface area (Å²) >= 11 is 5.89. The molecule has 2 aromatic carbocycles. The van der Waals surface area contributed by atoms with Crippen molar-refractivity contribution in [2.24, 2.45) is 0 Å². The topological polar surface area (TPSA) is 51.2 Å². The summed E-state index contributed by atoms with van der Waals surface area (Å²) in [5, 5.41) is 0. The highest BCUT2D eigenvalue weighted by Crippen LogP contribution is 2.35. The molecule has 3 aliphatic heterocycles. The molecule has 3 saturated heterocycles. The molecule has 31 heavy (non-hydrogen) atoms. The van der Waals surface area contributed by atoms with E-state index < -0.39 is 18.5 Å². The van der Waals surface area contributed by atoms with Crippen molar-refractivity contribution >= 4 is 23.1 Å². The predicted molar refractivity (Wildman–Crippen MR) is 119 cm³/mol. The average molecular weight is 439 g/mol. The number of amides is 1. The van der Waals surface area contributed by atoms with Gasteiger partial charge in [0.25, 0.3) is 5.91 Å². The lowest BCUT2D eigenvalue weighted by molar-refractivity contribution is -0.151. The second-order valence-electron chi connectivity index (χ2n) is 8.13. The Morgan fingerprint density at radius 3 is 2.26 bits per heavy atom. The molecule has 3 aliphatic rings. The van der Waals surface area contributed by atoms with Crippen LogP contribution in [0.3, 0.4) is 0 Å². The van der Waals surface area contributed by atoms with Gasteiger partial charge in [-0.3, -0.25) is 4.79 Å². The summed E-state index contributed by atoms with van der Waals surface area (Å²) in [4.78, 5) is 17.8. The number of thiocarbonyl (C=S) groups is 1. The minimum atomic E-state index is -0.699. The Bertz CT molecular complexity index is 920. The molecule has 162 valence electrons. The van der Waals surface area contributed by atoms with E-state index in [-0.39, 0.29) is 11.9 Å². The molecule has 6 nitrogen and oxygen atoms in total. The van der Waals surface area contributed by atoms with Gasteiger partial charge in [-0.15, -0.1) is 0 Å². The Kier molecular flexibility index (Phi) is 6.00. The van der Waals surface area contributed by atoms with Crippen LogP contribution in [0, 0.1) is 0 Å². The van der Waals surface area contributed by atoms with E-state index in [0.717, 1.165) is 6.42 Å². The van der Waals surface area contributed by atoms with Gasteiger partial charge in [-0.2, -0.15) is 0 Å². The molecule has 3 fully saturated rings. The van der Waals surface area contributed by atoms with Gasteiger partial charge < -0.3 is 24.0 Å². The fourth-order valence-electron chi connectivity index (χ4n) is 4.50. The molecule has 0 unspecified atom stereocenters. The van der Waals surface area contributed by atoms with E-state index in [0.29, 0.717) is 37.8 Å². The van der Waals surface area contributed by atoms with Crippen LogP contribution in [0.1, 0.15) is 11.1 Å². The van der Waals surface area contributed by atoms with E-state index >= 15 is 0 Å². The lowest BCUT2D eigenvalue weighted by Crippen LogP contribution is -2.56. The first-order valence-electron chi connectivity index (χ1n) is 10.8. The highest BCUT2D eigenvalue weighted by Gasteiger charge is 2.54. The summed E-state index contributed by atoms with van der Waals surface area (Å²) in [5.41, 5.74) is 2.35. The third-order valence-corrected chi connectivity index (χ3v) is 6.59. The Morgan fingerprint density at radius 2 is 1.58 bits per heavy atom. The Hall–Kier alpha value is -2.32. The summed E-state index contributed by atoms with van der Waals surface area (Å²) < 4.78 is 17.8. The average Bonchev–Trinajstić information content (AvgIpc) is 3.23. The number of rotatable bonds is 5. The van der Waals surface area contributed by atoms with Crippen LogP contribution in [0.5, 0.6) is 0 Å². The van der Waals surface area contributed by atoms with Gasteiger partial charge >= 0.3 is 0 Å². The summed E-state index contributed by atoms with van der Waals surface area (Å²) in [5.74, 6) is -0.0572. The fraction of sp³-hybridized carbons (Fsp3) is 0.417. The van der Waals surface area contributed by atoms with Crippen LogP contribution < -0.4 is 0 Å². The summed E-state index contributed by atoms with van der Waals surface area (Å²) in [6.07, 6.45) is -1.01. The van der Waals surface area contributed by atoms with Crippen LogP contribution in [0.4, 0.5) is 0 Å². The van der Waals surface area contributed by atoms with Crippen molar-refractivity contribution in [3.63, 3.8) is 0 Å². The molecule has 2 bridgehead atoms. The van der Waals surface area contributed by atoms with Crippen molar-refractivity contribution in [2.75, 3.05) is 26.3 Å². The van der Waals surface area contributed by atoms with Crippen LogP contribution in [0.15, 0.2) is 60.7 Å². The third-order valence-electron chi connectivity index (χ3n) is 6.13. The number of hydrogen-bond acceptors (Lipinski definition) is 5. The van der Waals surface area contributed by atoms with Crippen LogP contribution in [0.2, 0.25) is 0 Å². The Morgan fingerprint density at radius 1 is 0.935 bits per heavy atom. The largest absolute Gasteiger partial charge is 0.378 e. The normalized spacial score (nSPS) is 28.1. The molecule has 7 heteroatoms. The van der Waals surface area contributed by atoms with Gasteiger partial charge in [0.05, 0.1) is 19.3 Å². The maximum absolute atomic E-state index is 13.2. The smallest absolute Gasteiger partial charge is 0.255 e. The Labute approximate surface area is 187 Å². The SMILES string of the molecule is O=C([C@H]1O[C@H]2O[C@@H]1C(=S)N(Cc1ccccc1)[C@@H]2Cc1ccccc1)N1CCOCC1. The molecule has 0 aromatic heterocycles. The maximum Gasteiger partial charge on any atom is 0.255 e. The van der Waals surface area contributed by atoms with Crippen molar-refractivity contribution in [3.8, 4) is 0 Å². The van der Waals surface area contributed by atoms with Crippen molar-refractivity contribution in [1.82, 2.24) is 9.80 Å². The molecule has 3 heterocycles. The zero-order valence-electron chi connectivity index (χ0n) is 17.3. The van der Waals surface area contributed by atoms with Crippen LogP contribution >= 0.6 is 12.2 Å². The minimum Gasteiger partial charge on any atom is -0.378 e. The van der Waals surface area contributed by atoms with Gasteiger partial charge in [0.2, 0.25) is 0 Å². The molecule has 2 aromatic rings. The first-order valence-corrected chi connectivity index (χ1v) is 11.2. The first kappa shape index (κ1) is 20.6. The summed E-state index contributed by atoms with van der Waals surface area (Å²) in [6.45, 7) is 2.91. The van der Waals surface area contributed by atoms with E-state index in [9.17, 15) is 4.79 Å². The molecule has 0 saturated carbocycles. The highest BCUT2D eigenvalue weighted by atomic mass is 32.1. The number of carbonyl (C=O) groups excluding carboxylic acids is 1. The Balaban J connectivity index is 1.41. The predicted octanol–water partition coefficient (Wildman–Crippen LogP) is 2.41. The van der Waals surface area contributed by atoms with Gasteiger partial charge in [-0.25, -0.2) is 0 Å². The quantitative estimate of drug-likeness (QED) is 0.669. The summed E-state index contributed by atoms with van der Waals surface area (Å²) in [7, 11) is 0. The fourth-order valence-corrected chi connectivity index (χ4v) is 4.87. The van der Waals surface area contributed by atoms with E-state index in [1.165, 1.54) is 11.1 Å². The van der Waals surface area contributed by atoms with Crippen LogP contribution in [-0.2, 0) is 32.0 Å². The number of benzene rings is 2. The minimum absolute atomic E-state index is 0.0572. The standard InChI is InChI=1S/C24H26N2O4S/c27-22(25-11-13-28-14-12-25)20-21-23(31)26(16-18-9-5-2-6-10-18)19(24(29-20)30-21)15-17-7-3-1-4-8-17/h1-10,19-21,24H,11-16H2/t19-,20+,21+,24+/m1/s1. The number of morpholine rings is 2. The number of fused-ring (bicyclic) bond motifs is 2. The third kappa shape index (κ3) is 4.23. The number of ether oxygens (including phenoxy) is 3. The zero-order chi connectivity index (χ0) is 21.2. The molecule has 4 atom stereocenters. The molecular weight excluding hydrogens is 412 g/mol. The maximum atomic E-state index is 13.2. The van der Waals surface area contributed by atoms with E-state index in [1.807, 2.05) is 36.4 Å². The molecule has 5 rings (SSSR count). The summed E-state index contributed by atoms with van der Waals surface area (Å²) in [6, 6.07) is 20.4. The van der Waals surface area contributed by atoms with Gasteiger partial charge in [-0.1, -0.05) is 72.9 Å².